The lowest BCUT2D eigenvalue weighted by Crippen LogP contribution is -2.40. The summed E-state index contributed by atoms with van der Waals surface area (Å²) >= 11 is 0. The van der Waals surface area contributed by atoms with Gasteiger partial charge in [0.1, 0.15) is 5.60 Å². The van der Waals surface area contributed by atoms with E-state index in [9.17, 15) is 9.59 Å². The number of carbonyl (C=O) groups is 2. The standard InChI is InChI=1S/C13H17N3O4/c1-15-7-4-10(14-15)16-8-13(20-12(16)19)5-2-9(3-6-13)11(17)18/h4,7,9H,2-3,5-6,8H2,1H3,(H,17,18). The first kappa shape index (κ1) is 13.0. The van der Waals surface area contributed by atoms with Crippen LogP contribution < -0.4 is 4.90 Å². The summed E-state index contributed by atoms with van der Waals surface area (Å²) in [6.07, 6.45) is 3.68. The number of carboxylic acid groups (broad SMARTS) is 1. The molecule has 1 saturated carbocycles. The minimum Gasteiger partial charge on any atom is -0.481 e. The van der Waals surface area contributed by atoms with Crippen molar-refractivity contribution < 1.29 is 19.4 Å². The lowest BCUT2D eigenvalue weighted by atomic mass is 9.79. The minimum atomic E-state index is -0.759. The molecule has 2 heterocycles. The highest BCUT2D eigenvalue weighted by molar-refractivity contribution is 5.89. The second-order valence-corrected chi connectivity index (χ2v) is 5.60. The van der Waals surface area contributed by atoms with E-state index in [4.69, 9.17) is 9.84 Å². The number of ether oxygens (including phenoxy) is 1. The lowest BCUT2D eigenvalue weighted by molar-refractivity contribution is -0.144. The van der Waals surface area contributed by atoms with Gasteiger partial charge < -0.3 is 9.84 Å². The SMILES string of the molecule is Cn1ccc(N2CC3(CCC(C(=O)O)CC3)OC2=O)n1. The molecule has 20 heavy (non-hydrogen) atoms. The molecule has 2 aliphatic rings. The Balaban J connectivity index is 1.72. The van der Waals surface area contributed by atoms with Gasteiger partial charge in [0.05, 0.1) is 12.5 Å². The molecule has 1 saturated heterocycles. The third-order valence-corrected chi connectivity index (χ3v) is 4.19. The molecule has 2 fully saturated rings. The van der Waals surface area contributed by atoms with Gasteiger partial charge in [-0.25, -0.2) is 4.79 Å². The van der Waals surface area contributed by atoms with Gasteiger partial charge in [0.25, 0.3) is 0 Å². The molecule has 0 radical (unpaired) electrons. The second-order valence-electron chi connectivity index (χ2n) is 5.60. The smallest absolute Gasteiger partial charge is 0.416 e. The van der Waals surface area contributed by atoms with E-state index in [0.717, 1.165) is 0 Å². The molecule has 108 valence electrons. The fourth-order valence-corrected chi connectivity index (χ4v) is 3.00. The molecular formula is C13H17N3O4. The zero-order chi connectivity index (χ0) is 14.3. The van der Waals surface area contributed by atoms with E-state index in [-0.39, 0.29) is 5.92 Å². The number of hydrogen-bond acceptors (Lipinski definition) is 4. The van der Waals surface area contributed by atoms with Crippen LogP contribution in [0.2, 0.25) is 0 Å². The number of nitrogens with zero attached hydrogens (tertiary/aromatic N) is 3. The first-order valence-electron chi connectivity index (χ1n) is 6.72. The van der Waals surface area contributed by atoms with Gasteiger partial charge in [-0.3, -0.25) is 14.4 Å². The van der Waals surface area contributed by atoms with Crippen LogP contribution in [0.25, 0.3) is 0 Å². The predicted molar refractivity (Wildman–Crippen MR) is 69.4 cm³/mol. The Morgan fingerprint density at radius 2 is 2.20 bits per heavy atom. The van der Waals surface area contributed by atoms with Gasteiger partial charge >= 0.3 is 12.1 Å². The molecule has 7 nitrogen and oxygen atoms in total. The number of rotatable bonds is 2. The molecule has 1 amide bonds. The topological polar surface area (TPSA) is 84.7 Å². The van der Waals surface area contributed by atoms with Gasteiger partial charge in [0.2, 0.25) is 0 Å². The highest BCUT2D eigenvalue weighted by atomic mass is 16.6. The average molecular weight is 279 g/mol. The molecule has 1 N–H and O–H groups in total. The molecule has 0 unspecified atom stereocenters. The molecule has 1 aliphatic carbocycles. The maximum Gasteiger partial charge on any atom is 0.416 e. The summed E-state index contributed by atoms with van der Waals surface area (Å²) in [4.78, 5) is 24.5. The van der Waals surface area contributed by atoms with Crippen molar-refractivity contribution in [1.82, 2.24) is 9.78 Å². The lowest BCUT2D eigenvalue weighted by Gasteiger charge is -2.33. The summed E-state index contributed by atoms with van der Waals surface area (Å²) < 4.78 is 7.17. The summed E-state index contributed by atoms with van der Waals surface area (Å²) in [5.74, 6) is -0.497. The van der Waals surface area contributed by atoms with Crippen molar-refractivity contribution in [3.05, 3.63) is 12.3 Å². The molecule has 7 heteroatoms. The van der Waals surface area contributed by atoms with Crippen LogP contribution in [-0.2, 0) is 16.6 Å². The van der Waals surface area contributed by atoms with E-state index in [1.54, 1.807) is 24.0 Å². The number of aliphatic carboxylic acids is 1. The van der Waals surface area contributed by atoms with Gasteiger partial charge in [0.15, 0.2) is 5.82 Å². The Morgan fingerprint density at radius 3 is 2.75 bits per heavy atom. The molecule has 1 aromatic rings. The highest BCUT2D eigenvalue weighted by Gasteiger charge is 2.49. The van der Waals surface area contributed by atoms with Crippen molar-refractivity contribution in [2.75, 3.05) is 11.4 Å². The summed E-state index contributed by atoms with van der Waals surface area (Å²) in [6.45, 7) is 0.454. The van der Waals surface area contributed by atoms with Gasteiger partial charge in [0, 0.05) is 19.3 Å². The molecule has 0 bridgehead atoms. The van der Waals surface area contributed by atoms with Crippen molar-refractivity contribution in [1.29, 1.82) is 0 Å². The Labute approximate surface area is 116 Å². The van der Waals surface area contributed by atoms with Crippen molar-refractivity contribution in [3.63, 3.8) is 0 Å². The van der Waals surface area contributed by atoms with Gasteiger partial charge in [-0.05, 0) is 25.7 Å². The Kier molecular flexibility index (Phi) is 2.92. The number of aryl methyl sites for hydroxylation is 1. The third-order valence-electron chi connectivity index (χ3n) is 4.19. The number of hydrogen-bond donors (Lipinski definition) is 1. The van der Waals surface area contributed by atoms with Gasteiger partial charge in [-0.1, -0.05) is 0 Å². The van der Waals surface area contributed by atoms with E-state index >= 15 is 0 Å². The number of amides is 1. The van der Waals surface area contributed by atoms with Crippen LogP contribution in [0.15, 0.2) is 12.3 Å². The van der Waals surface area contributed by atoms with Crippen LogP contribution in [0.4, 0.5) is 10.6 Å². The largest absolute Gasteiger partial charge is 0.481 e. The van der Waals surface area contributed by atoms with E-state index < -0.39 is 17.7 Å². The van der Waals surface area contributed by atoms with Crippen molar-refractivity contribution in [2.24, 2.45) is 13.0 Å². The van der Waals surface area contributed by atoms with Crippen LogP contribution in [-0.4, -0.2) is 39.1 Å². The van der Waals surface area contributed by atoms with Crippen molar-refractivity contribution in [2.45, 2.75) is 31.3 Å². The Bertz CT molecular complexity index is 546. The monoisotopic (exact) mass is 279 g/mol. The fraction of sp³-hybridized carbons (Fsp3) is 0.615. The van der Waals surface area contributed by atoms with Crippen LogP contribution in [0.5, 0.6) is 0 Å². The minimum absolute atomic E-state index is 0.316. The zero-order valence-corrected chi connectivity index (χ0v) is 11.3. The van der Waals surface area contributed by atoms with Crippen LogP contribution >= 0.6 is 0 Å². The zero-order valence-electron chi connectivity index (χ0n) is 11.3. The first-order valence-corrected chi connectivity index (χ1v) is 6.72. The van der Waals surface area contributed by atoms with Crippen LogP contribution in [0, 0.1) is 5.92 Å². The molecule has 1 aromatic heterocycles. The number of anilines is 1. The summed E-state index contributed by atoms with van der Waals surface area (Å²) in [7, 11) is 1.79. The third kappa shape index (κ3) is 2.13. The van der Waals surface area contributed by atoms with Crippen LogP contribution in [0.3, 0.4) is 0 Å². The van der Waals surface area contributed by atoms with E-state index in [1.807, 2.05) is 0 Å². The second kappa shape index (κ2) is 4.50. The Hall–Kier alpha value is -2.05. The van der Waals surface area contributed by atoms with Crippen molar-refractivity contribution >= 4 is 17.9 Å². The predicted octanol–water partition coefficient (Wildman–Crippen LogP) is 1.39. The van der Waals surface area contributed by atoms with E-state index in [0.29, 0.717) is 38.0 Å². The average Bonchev–Trinajstić information content (AvgIpc) is 2.95. The number of aromatic nitrogens is 2. The highest BCUT2D eigenvalue weighted by Crippen LogP contribution is 2.40. The van der Waals surface area contributed by atoms with E-state index in [1.165, 1.54) is 4.90 Å². The summed E-state index contributed by atoms with van der Waals surface area (Å²) in [6, 6.07) is 1.77. The quantitative estimate of drug-likeness (QED) is 0.884. The molecule has 3 rings (SSSR count). The molecule has 1 spiro atoms. The Morgan fingerprint density at radius 1 is 1.50 bits per heavy atom. The van der Waals surface area contributed by atoms with Crippen LogP contribution in [0.1, 0.15) is 25.7 Å². The molecule has 0 aromatic carbocycles. The van der Waals surface area contributed by atoms with Gasteiger partial charge in [-0.15, -0.1) is 0 Å². The molecule has 1 aliphatic heterocycles. The van der Waals surface area contributed by atoms with Crippen molar-refractivity contribution in [3.8, 4) is 0 Å². The first-order chi connectivity index (χ1) is 9.49. The number of carboxylic acids is 1. The van der Waals surface area contributed by atoms with E-state index in [2.05, 4.69) is 5.10 Å². The normalized spacial score (nSPS) is 29.8. The fourth-order valence-electron chi connectivity index (χ4n) is 3.00. The summed E-state index contributed by atoms with van der Waals surface area (Å²) in [5, 5.41) is 13.2. The van der Waals surface area contributed by atoms with Gasteiger partial charge in [-0.2, -0.15) is 5.10 Å². The molecule has 0 atom stereocenters. The maximum absolute atomic E-state index is 12.0. The maximum atomic E-state index is 12.0. The number of carbonyl (C=O) groups excluding carboxylic acids is 1. The molecular weight excluding hydrogens is 262 g/mol. The summed E-state index contributed by atoms with van der Waals surface area (Å²) in [5.41, 5.74) is -0.541.